The summed E-state index contributed by atoms with van der Waals surface area (Å²) in [5, 5.41) is 6.78. The second-order valence-electron chi connectivity index (χ2n) is 4.59. The third-order valence-electron chi connectivity index (χ3n) is 2.94. The van der Waals surface area contributed by atoms with Gasteiger partial charge in [-0.25, -0.2) is 10.2 Å². The molecule has 2 aromatic carbocycles. The summed E-state index contributed by atoms with van der Waals surface area (Å²) < 4.78 is 5.39. The molecule has 0 saturated carbocycles. The Labute approximate surface area is 130 Å². The predicted molar refractivity (Wildman–Crippen MR) is 88.4 cm³/mol. The van der Waals surface area contributed by atoms with E-state index in [0.717, 1.165) is 11.3 Å². The first-order valence-electron chi connectivity index (χ1n) is 7.08. The molecule has 5 heteroatoms. The number of nitrogens with zero attached hydrogens (tertiary/aromatic N) is 1. The lowest BCUT2D eigenvalue weighted by atomic mass is 10.1. The predicted octanol–water partition coefficient (Wildman–Crippen LogP) is 3.63. The van der Waals surface area contributed by atoms with Crippen molar-refractivity contribution < 1.29 is 9.53 Å². The van der Waals surface area contributed by atoms with Gasteiger partial charge in [-0.05, 0) is 55.8 Å². The van der Waals surface area contributed by atoms with Crippen LogP contribution in [-0.4, -0.2) is 18.3 Å². The molecule has 0 heterocycles. The molecule has 0 aliphatic rings. The first-order chi connectivity index (χ1) is 10.7. The number of hydrogen-bond donors (Lipinski definition) is 2. The van der Waals surface area contributed by atoms with Crippen molar-refractivity contribution in [2.24, 2.45) is 5.10 Å². The van der Waals surface area contributed by atoms with Crippen molar-refractivity contribution in [3.05, 3.63) is 60.2 Å². The second-order valence-corrected chi connectivity index (χ2v) is 4.59. The molecule has 2 N–H and O–H groups in total. The Balaban J connectivity index is 1.92. The maximum Gasteiger partial charge on any atom is 0.339 e. The minimum atomic E-state index is -0.378. The molecule has 0 spiro atoms. The van der Waals surface area contributed by atoms with Gasteiger partial charge in [0.05, 0.1) is 12.3 Å². The van der Waals surface area contributed by atoms with Gasteiger partial charge in [0.15, 0.2) is 0 Å². The van der Waals surface area contributed by atoms with E-state index in [1.54, 1.807) is 0 Å². The standard InChI is InChI=1S/C17H19N3O2/c1-3-22-16-11-9-14(10-12-16)13(2)19-20-17(21)18-15-7-5-4-6-8-15/h4-12H,3H2,1-2H3,(H2,18,20,21)/b19-13-. The fourth-order valence-corrected chi connectivity index (χ4v) is 1.84. The zero-order chi connectivity index (χ0) is 15.8. The molecule has 114 valence electrons. The van der Waals surface area contributed by atoms with Crippen LogP contribution in [-0.2, 0) is 0 Å². The average molecular weight is 297 g/mol. The maximum atomic E-state index is 11.7. The lowest BCUT2D eigenvalue weighted by Crippen LogP contribution is -2.25. The summed E-state index contributed by atoms with van der Waals surface area (Å²) in [4.78, 5) is 11.7. The number of urea groups is 1. The number of ether oxygens (including phenoxy) is 1. The smallest absolute Gasteiger partial charge is 0.339 e. The largest absolute Gasteiger partial charge is 0.494 e. The normalized spacial score (nSPS) is 10.9. The molecule has 0 bridgehead atoms. The lowest BCUT2D eigenvalue weighted by molar-refractivity contribution is 0.252. The molecular weight excluding hydrogens is 278 g/mol. The average Bonchev–Trinajstić information content (AvgIpc) is 2.54. The number of rotatable bonds is 5. The van der Waals surface area contributed by atoms with Crippen molar-refractivity contribution in [1.82, 2.24) is 5.43 Å². The van der Waals surface area contributed by atoms with Gasteiger partial charge in [-0.15, -0.1) is 0 Å². The molecule has 5 nitrogen and oxygen atoms in total. The van der Waals surface area contributed by atoms with Crippen LogP contribution in [0.5, 0.6) is 5.75 Å². The third kappa shape index (κ3) is 4.63. The van der Waals surface area contributed by atoms with Gasteiger partial charge in [0, 0.05) is 5.69 Å². The minimum Gasteiger partial charge on any atom is -0.494 e. The Morgan fingerprint density at radius 1 is 1.09 bits per heavy atom. The molecule has 0 aliphatic heterocycles. The molecule has 0 saturated heterocycles. The van der Waals surface area contributed by atoms with E-state index < -0.39 is 0 Å². The lowest BCUT2D eigenvalue weighted by Gasteiger charge is -2.06. The van der Waals surface area contributed by atoms with Crippen LogP contribution in [0, 0.1) is 0 Å². The van der Waals surface area contributed by atoms with Crippen LogP contribution in [0.15, 0.2) is 59.7 Å². The van der Waals surface area contributed by atoms with Crippen LogP contribution in [0.3, 0.4) is 0 Å². The summed E-state index contributed by atoms with van der Waals surface area (Å²) in [6.45, 7) is 4.40. The van der Waals surface area contributed by atoms with Crippen molar-refractivity contribution in [2.45, 2.75) is 13.8 Å². The summed E-state index contributed by atoms with van der Waals surface area (Å²) in [6.07, 6.45) is 0. The molecule has 0 unspecified atom stereocenters. The number of nitrogens with one attached hydrogen (secondary N) is 2. The van der Waals surface area contributed by atoms with Crippen molar-refractivity contribution >= 4 is 17.4 Å². The highest BCUT2D eigenvalue weighted by atomic mass is 16.5. The SMILES string of the molecule is CCOc1ccc(/C(C)=N\NC(=O)Nc2ccccc2)cc1. The van der Waals surface area contributed by atoms with Gasteiger partial charge in [-0.2, -0.15) is 5.10 Å². The fourth-order valence-electron chi connectivity index (χ4n) is 1.84. The topological polar surface area (TPSA) is 62.7 Å². The molecule has 22 heavy (non-hydrogen) atoms. The second kappa shape index (κ2) is 7.83. The number of hydrazone groups is 1. The van der Waals surface area contributed by atoms with Gasteiger partial charge in [-0.3, -0.25) is 0 Å². The molecule has 2 rings (SSSR count). The number of amides is 2. The number of carbonyl (C=O) groups excluding carboxylic acids is 1. The van der Waals surface area contributed by atoms with Crippen LogP contribution in [0.2, 0.25) is 0 Å². The summed E-state index contributed by atoms with van der Waals surface area (Å²) in [6, 6.07) is 16.4. The van der Waals surface area contributed by atoms with E-state index in [0.29, 0.717) is 18.0 Å². The van der Waals surface area contributed by atoms with Crippen LogP contribution in [0.1, 0.15) is 19.4 Å². The van der Waals surface area contributed by atoms with Gasteiger partial charge >= 0.3 is 6.03 Å². The zero-order valence-corrected chi connectivity index (χ0v) is 12.7. The van der Waals surface area contributed by atoms with Crippen molar-refractivity contribution in [3.63, 3.8) is 0 Å². The van der Waals surface area contributed by atoms with Crippen molar-refractivity contribution in [2.75, 3.05) is 11.9 Å². The fraction of sp³-hybridized carbons (Fsp3) is 0.176. The number of para-hydroxylation sites is 1. The Morgan fingerprint density at radius 3 is 2.41 bits per heavy atom. The summed E-state index contributed by atoms with van der Waals surface area (Å²) in [7, 11) is 0. The highest BCUT2D eigenvalue weighted by molar-refractivity contribution is 6.00. The summed E-state index contributed by atoms with van der Waals surface area (Å²) in [5.41, 5.74) is 4.83. The van der Waals surface area contributed by atoms with Crippen LogP contribution in [0.25, 0.3) is 0 Å². The first kappa shape index (κ1) is 15.6. The first-order valence-corrected chi connectivity index (χ1v) is 7.08. The van der Waals surface area contributed by atoms with Crippen molar-refractivity contribution in [1.29, 1.82) is 0 Å². The number of hydrogen-bond acceptors (Lipinski definition) is 3. The molecular formula is C17H19N3O2. The third-order valence-corrected chi connectivity index (χ3v) is 2.94. The van der Waals surface area contributed by atoms with Gasteiger partial charge in [0.2, 0.25) is 0 Å². The zero-order valence-electron chi connectivity index (χ0n) is 12.7. The number of benzene rings is 2. The van der Waals surface area contributed by atoms with Crippen molar-refractivity contribution in [3.8, 4) is 5.75 Å². The van der Waals surface area contributed by atoms with E-state index >= 15 is 0 Å². The molecule has 2 aromatic rings. The summed E-state index contributed by atoms with van der Waals surface area (Å²) >= 11 is 0. The quantitative estimate of drug-likeness (QED) is 0.654. The van der Waals surface area contributed by atoms with Crippen LogP contribution >= 0.6 is 0 Å². The van der Waals surface area contributed by atoms with Crippen LogP contribution < -0.4 is 15.5 Å². The molecule has 0 radical (unpaired) electrons. The monoisotopic (exact) mass is 297 g/mol. The highest BCUT2D eigenvalue weighted by Crippen LogP contribution is 2.12. The highest BCUT2D eigenvalue weighted by Gasteiger charge is 2.02. The van der Waals surface area contributed by atoms with Gasteiger partial charge < -0.3 is 10.1 Å². The molecule has 0 aromatic heterocycles. The van der Waals surface area contributed by atoms with E-state index in [4.69, 9.17) is 4.74 Å². The Morgan fingerprint density at radius 2 is 1.77 bits per heavy atom. The Bertz CT molecular complexity index is 637. The van der Waals surface area contributed by atoms with Gasteiger partial charge in [0.1, 0.15) is 5.75 Å². The molecule has 2 amide bonds. The molecule has 0 fully saturated rings. The minimum absolute atomic E-state index is 0.378. The molecule has 0 atom stereocenters. The van der Waals surface area contributed by atoms with E-state index in [-0.39, 0.29) is 6.03 Å². The number of anilines is 1. The van der Waals surface area contributed by atoms with Crippen LogP contribution in [0.4, 0.5) is 10.5 Å². The maximum absolute atomic E-state index is 11.7. The Hall–Kier alpha value is -2.82. The van der Waals surface area contributed by atoms with E-state index in [1.807, 2.05) is 68.4 Å². The van der Waals surface area contributed by atoms with Gasteiger partial charge in [0.25, 0.3) is 0 Å². The Kier molecular flexibility index (Phi) is 5.54. The summed E-state index contributed by atoms with van der Waals surface area (Å²) in [5.74, 6) is 0.814. The van der Waals surface area contributed by atoms with E-state index in [9.17, 15) is 4.79 Å². The van der Waals surface area contributed by atoms with Gasteiger partial charge in [-0.1, -0.05) is 18.2 Å². The van der Waals surface area contributed by atoms with E-state index in [1.165, 1.54) is 0 Å². The van der Waals surface area contributed by atoms with E-state index in [2.05, 4.69) is 15.8 Å². The number of carbonyl (C=O) groups is 1. The molecule has 0 aliphatic carbocycles.